The van der Waals surface area contributed by atoms with Crippen molar-refractivity contribution in [2.45, 2.75) is 55.5 Å². The Kier molecular flexibility index (Phi) is 5.52. The first-order chi connectivity index (χ1) is 13.0. The van der Waals surface area contributed by atoms with Gasteiger partial charge in [0.15, 0.2) is 6.23 Å². The Morgan fingerprint density at radius 3 is 2.39 bits per heavy atom. The third-order valence-electron chi connectivity index (χ3n) is 5.04. The summed E-state index contributed by atoms with van der Waals surface area (Å²) >= 11 is 7.84. The molecular weight excluding hydrogens is 458 g/mol. The van der Waals surface area contributed by atoms with Crippen LogP contribution in [0.5, 0.6) is 0 Å². The normalized spacial score (nSPS) is 56.8. The average Bonchev–Trinajstić information content (AvgIpc) is 2.96. The highest BCUT2D eigenvalue weighted by Crippen LogP contribution is 2.62. The van der Waals surface area contributed by atoms with E-state index >= 15 is 0 Å². The maximum atomic E-state index is 12.7. The van der Waals surface area contributed by atoms with Gasteiger partial charge in [0.2, 0.25) is 5.72 Å². The van der Waals surface area contributed by atoms with E-state index in [0.29, 0.717) is 0 Å². The molecule has 4 rings (SSSR count). The summed E-state index contributed by atoms with van der Waals surface area (Å²) in [4.78, 5) is 1.14. The van der Waals surface area contributed by atoms with E-state index in [1.54, 1.807) is 6.92 Å². The van der Waals surface area contributed by atoms with Crippen LogP contribution in [-0.2, 0) is 36.7 Å². The standard InChI is InChI=1S/C12H20N2O10P2S2/c1-5-8(15)9-6(21-5)2-19-26(18,28)24-10-7(3-20-25(17,27)23-9)22-11-12(10,16)14(11)4-13/h4-11,13,15-16H,2-3H2,1H3,(H,17,27)(H,18,28)/t5-,6+,7+,8?,9-,10?,11+,12?,14?,25-,26-/m0/s1. The first-order valence-corrected chi connectivity index (χ1v) is 13.7. The predicted molar refractivity (Wildman–Crippen MR) is 99.4 cm³/mol. The molecule has 0 aromatic heterocycles. The van der Waals surface area contributed by atoms with Crippen LogP contribution < -0.4 is 0 Å². The number of hydrogen-bond acceptors (Lipinski definition) is 11. The van der Waals surface area contributed by atoms with Gasteiger partial charge in [-0.05, 0) is 6.92 Å². The number of ether oxygens (including phenoxy) is 2. The number of aliphatic hydroxyl groups is 2. The molecule has 0 saturated carbocycles. The van der Waals surface area contributed by atoms with Crippen molar-refractivity contribution in [2.75, 3.05) is 13.2 Å². The summed E-state index contributed by atoms with van der Waals surface area (Å²) in [5.74, 6) is 0. The lowest BCUT2D eigenvalue weighted by molar-refractivity contribution is -0.0767. The van der Waals surface area contributed by atoms with E-state index in [0.717, 1.165) is 11.2 Å². The molecule has 0 spiro atoms. The minimum Gasteiger partial charge on any atom is -0.388 e. The van der Waals surface area contributed by atoms with Crippen LogP contribution in [0.1, 0.15) is 6.92 Å². The Morgan fingerprint density at radius 2 is 1.75 bits per heavy atom. The van der Waals surface area contributed by atoms with Crippen LogP contribution in [0.3, 0.4) is 0 Å². The van der Waals surface area contributed by atoms with E-state index in [9.17, 15) is 19.3 Å². The lowest BCUT2D eigenvalue weighted by Crippen LogP contribution is -2.44. The molecule has 0 amide bonds. The van der Waals surface area contributed by atoms with Gasteiger partial charge < -0.3 is 19.7 Å². The third kappa shape index (κ3) is 3.61. The molecule has 0 aliphatic carbocycles. The first-order valence-electron chi connectivity index (χ1n) is 8.30. The van der Waals surface area contributed by atoms with E-state index in [4.69, 9.17) is 33.0 Å². The molecule has 12 nitrogen and oxygen atoms in total. The lowest BCUT2D eigenvalue weighted by Gasteiger charge is -2.31. The van der Waals surface area contributed by atoms with Crippen LogP contribution in [0.15, 0.2) is 0 Å². The minimum atomic E-state index is -4.03. The quantitative estimate of drug-likeness (QED) is 0.117. The van der Waals surface area contributed by atoms with Crippen LogP contribution >= 0.6 is 38.1 Å². The maximum absolute atomic E-state index is 12.7. The van der Waals surface area contributed by atoms with Crippen LogP contribution in [0.2, 0.25) is 0 Å². The predicted octanol–water partition coefficient (Wildman–Crippen LogP) is 0.364. The molecule has 160 valence electrons. The molecule has 3 N–H and O–H groups in total. The van der Waals surface area contributed by atoms with Crippen LogP contribution in [0.4, 0.5) is 0 Å². The van der Waals surface area contributed by atoms with E-state index < -0.39 is 68.8 Å². The van der Waals surface area contributed by atoms with Gasteiger partial charge in [-0.15, -0.1) is 0 Å². The van der Waals surface area contributed by atoms with Gasteiger partial charge in [-0.3, -0.25) is 28.4 Å². The molecule has 4 aliphatic rings. The van der Waals surface area contributed by atoms with Crippen molar-refractivity contribution < 1.29 is 46.9 Å². The summed E-state index contributed by atoms with van der Waals surface area (Å²) in [7, 11) is 0. The third-order valence-corrected chi connectivity index (χ3v) is 8.25. The van der Waals surface area contributed by atoms with Crippen molar-refractivity contribution in [2.24, 2.45) is 0 Å². The fourth-order valence-corrected chi connectivity index (χ4v) is 6.55. The summed E-state index contributed by atoms with van der Waals surface area (Å²) in [6.07, 6.45) is -6.25. The zero-order valence-corrected chi connectivity index (χ0v) is 18.0. The second-order valence-corrected chi connectivity index (χ2v) is 12.6. The summed E-state index contributed by atoms with van der Waals surface area (Å²) in [5, 5.41) is 28.2. The number of rotatable bonds is 1. The van der Waals surface area contributed by atoms with Crippen LogP contribution in [0.25, 0.3) is 0 Å². The molecule has 10 atom stereocenters. The fourth-order valence-electron chi connectivity index (χ4n) is 3.58. The molecule has 0 aromatic carbocycles. The molecule has 4 fully saturated rings. The Balaban J connectivity index is 1.60. The van der Waals surface area contributed by atoms with Gasteiger partial charge in [0.25, 0.3) is 0 Å². The van der Waals surface area contributed by atoms with Crippen molar-refractivity contribution in [3.63, 3.8) is 0 Å². The van der Waals surface area contributed by atoms with Gasteiger partial charge >= 0.3 is 13.6 Å². The van der Waals surface area contributed by atoms with Crippen molar-refractivity contribution in [1.29, 1.82) is 5.41 Å². The first kappa shape index (κ1) is 21.5. The van der Waals surface area contributed by atoms with Crippen LogP contribution in [-0.4, -0.2) is 83.2 Å². The summed E-state index contributed by atoms with van der Waals surface area (Å²) < 4.78 is 57.6. The summed E-state index contributed by atoms with van der Waals surface area (Å²) in [6, 6.07) is 0. The maximum Gasteiger partial charge on any atom is 0.386 e. The highest BCUT2D eigenvalue weighted by atomic mass is 32.7. The van der Waals surface area contributed by atoms with Gasteiger partial charge in [-0.2, -0.15) is 0 Å². The summed E-state index contributed by atoms with van der Waals surface area (Å²) in [5.41, 5.74) is -1.76. The van der Waals surface area contributed by atoms with E-state index in [1.807, 2.05) is 0 Å². The van der Waals surface area contributed by atoms with Gasteiger partial charge in [0.1, 0.15) is 30.5 Å². The smallest absolute Gasteiger partial charge is 0.386 e. The molecule has 4 heterocycles. The SMILES string of the molecule is C[C@@H]1O[C@@H]2CO[P@](=O)(S)OC3[C@@H](CO[P@](=O)(S)O[C@@H]2C1O)O[C@H]1N(C=N)C31O. The van der Waals surface area contributed by atoms with E-state index in [2.05, 4.69) is 24.5 Å². The van der Waals surface area contributed by atoms with Gasteiger partial charge in [0.05, 0.1) is 25.7 Å². The monoisotopic (exact) mass is 478 g/mol. The van der Waals surface area contributed by atoms with Crippen molar-refractivity contribution in [3.05, 3.63) is 0 Å². The molecule has 16 heteroatoms. The Morgan fingerprint density at radius 1 is 1.14 bits per heavy atom. The van der Waals surface area contributed by atoms with Crippen molar-refractivity contribution in [3.8, 4) is 0 Å². The Hall–Kier alpha value is 0.310. The second-order valence-electron chi connectivity index (χ2n) is 6.84. The number of thiol groups is 2. The topological polar surface area (TPSA) is 157 Å². The van der Waals surface area contributed by atoms with E-state index in [1.165, 1.54) is 0 Å². The van der Waals surface area contributed by atoms with Crippen molar-refractivity contribution in [1.82, 2.24) is 4.90 Å². The number of hydrogen-bond donors (Lipinski definition) is 5. The molecular formula is C12H20N2O10P2S2. The minimum absolute atomic E-state index is 0.366. The second kappa shape index (κ2) is 7.18. The number of aliphatic hydroxyl groups excluding tert-OH is 1. The molecule has 4 saturated heterocycles. The zero-order chi connectivity index (χ0) is 20.5. The Labute approximate surface area is 170 Å². The Bertz CT molecular complexity index is 762. The fraction of sp³-hybridized carbons (Fsp3) is 0.917. The largest absolute Gasteiger partial charge is 0.388 e. The molecule has 3 unspecified atom stereocenters. The van der Waals surface area contributed by atoms with Gasteiger partial charge in [-0.25, -0.2) is 9.13 Å². The zero-order valence-electron chi connectivity index (χ0n) is 14.4. The van der Waals surface area contributed by atoms with Gasteiger partial charge in [0, 0.05) is 0 Å². The van der Waals surface area contributed by atoms with E-state index in [-0.39, 0.29) is 6.61 Å². The van der Waals surface area contributed by atoms with Crippen molar-refractivity contribution >= 4 is 44.4 Å². The number of nitrogens with zero attached hydrogens (tertiary/aromatic N) is 1. The molecule has 0 aromatic rings. The molecule has 0 bridgehead atoms. The van der Waals surface area contributed by atoms with Gasteiger partial charge in [-0.1, -0.05) is 24.5 Å². The highest BCUT2D eigenvalue weighted by Gasteiger charge is 2.76. The number of fused-ring (bicyclic) bond motifs is 4. The molecule has 0 radical (unpaired) electrons. The lowest BCUT2D eigenvalue weighted by atomic mass is 10.1. The average molecular weight is 478 g/mol. The molecule has 28 heavy (non-hydrogen) atoms. The highest BCUT2D eigenvalue weighted by molar-refractivity contribution is 8.44. The summed E-state index contributed by atoms with van der Waals surface area (Å²) in [6.45, 7) is -7.18. The van der Waals surface area contributed by atoms with Crippen LogP contribution in [0, 0.1) is 5.41 Å². The molecule has 4 aliphatic heterocycles. The number of nitrogens with one attached hydrogen (secondary N) is 1.